The van der Waals surface area contributed by atoms with Crippen LogP contribution in [0.4, 0.5) is 19.3 Å². The van der Waals surface area contributed by atoms with Crippen molar-refractivity contribution in [1.82, 2.24) is 5.32 Å². The molecule has 6 heteroatoms. The number of urea groups is 1. The predicted octanol–water partition coefficient (Wildman–Crippen LogP) is 4.85. The Hall–Kier alpha value is -2.63. The Bertz CT molecular complexity index is 720. The molecule has 0 radical (unpaired) electrons. The Morgan fingerprint density at radius 2 is 1.65 bits per heavy atom. The summed E-state index contributed by atoms with van der Waals surface area (Å²) in [5.41, 5.74) is 0.858. The van der Waals surface area contributed by atoms with E-state index in [9.17, 15) is 13.6 Å². The molecule has 0 saturated carbocycles. The van der Waals surface area contributed by atoms with E-state index >= 15 is 0 Å². The maximum Gasteiger partial charge on any atom is 0.319 e. The first kappa shape index (κ1) is 19.7. The van der Waals surface area contributed by atoms with Crippen LogP contribution >= 0.6 is 0 Å². The molecule has 2 aromatic rings. The van der Waals surface area contributed by atoms with E-state index in [1.54, 1.807) is 0 Å². The van der Waals surface area contributed by atoms with Gasteiger partial charge in [0.25, 0.3) is 0 Å². The van der Waals surface area contributed by atoms with Crippen molar-refractivity contribution in [2.24, 2.45) is 0 Å². The molecule has 0 atom stereocenters. The summed E-state index contributed by atoms with van der Waals surface area (Å²) in [4.78, 5) is 11.7. The van der Waals surface area contributed by atoms with Gasteiger partial charge in [-0.25, -0.2) is 13.6 Å². The van der Waals surface area contributed by atoms with Crippen molar-refractivity contribution in [1.29, 1.82) is 0 Å². The molecule has 2 amide bonds. The third-order valence-corrected chi connectivity index (χ3v) is 3.80. The molecule has 2 N–H and O–H groups in total. The molecule has 0 fully saturated rings. The smallest absolute Gasteiger partial charge is 0.319 e. The number of hydrogen-bond donors (Lipinski definition) is 2. The van der Waals surface area contributed by atoms with E-state index in [1.807, 2.05) is 24.3 Å². The highest BCUT2D eigenvalue weighted by Crippen LogP contribution is 2.24. The number of rotatable bonds is 6. The van der Waals surface area contributed by atoms with Crippen molar-refractivity contribution in [3.63, 3.8) is 0 Å². The van der Waals surface area contributed by atoms with Crippen molar-refractivity contribution in [2.75, 3.05) is 18.5 Å². The van der Waals surface area contributed by atoms with Gasteiger partial charge in [0.15, 0.2) is 0 Å². The first-order chi connectivity index (χ1) is 12.3. The third-order valence-electron chi connectivity index (χ3n) is 3.80. The van der Waals surface area contributed by atoms with E-state index in [1.165, 1.54) is 11.6 Å². The number of nitrogens with one attached hydrogen (secondary N) is 2. The fourth-order valence-corrected chi connectivity index (χ4v) is 2.29. The van der Waals surface area contributed by atoms with Crippen LogP contribution in [0, 0.1) is 11.6 Å². The van der Waals surface area contributed by atoms with Gasteiger partial charge in [-0.15, -0.1) is 0 Å². The summed E-state index contributed by atoms with van der Waals surface area (Å²) < 4.78 is 32.5. The van der Waals surface area contributed by atoms with E-state index < -0.39 is 23.4 Å². The fourth-order valence-electron chi connectivity index (χ4n) is 2.29. The first-order valence-electron chi connectivity index (χ1n) is 8.49. The van der Waals surface area contributed by atoms with Gasteiger partial charge in [-0.1, -0.05) is 39.0 Å². The minimum absolute atomic E-state index is 0.0908. The lowest BCUT2D eigenvalue weighted by atomic mass is 9.87. The number of amides is 2. The van der Waals surface area contributed by atoms with Crippen LogP contribution < -0.4 is 15.4 Å². The summed E-state index contributed by atoms with van der Waals surface area (Å²) in [6, 6.07) is 10.6. The zero-order valence-electron chi connectivity index (χ0n) is 15.2. The molecule has 0 bridgehead atoms. The molecule has 0 aromatic heterocycles. The second-order valence-electron chi connectivity index (χ2n) is 6.95. The lowest BCUT2D eigenvalue weighted by molar-refractivity contribution is 0.250. The third kappa shape index (κ3) is 5.72. The number of anilines is 1. The van der Waals surface area contributed by atoms with Crippen molar-refractivity contribution >= 4 is 11.7 Å². The number of carbonyl (C=O) groups is 1. The molecule has 140 valence electrons. The summed E-state index contributed by atoms with van der Waals surface area (Å²) in [5, 5.41) is 4.70. The van der Waals surface area contributed by atoms with Gasteiger partial charge in [-0.2, -0.15) is 0 Å². The van der Waals surface area contributed by atoms with Gasteiger partial charge in [0.2, 0.25) is 0 Å². The van der Waals surface area contributed by atoms with E-state index in [4.69, 9.17) is 4.74 Å². The van der Waals surface area contributed by atoms with Crippen LogP contribution in [0.25, 0.3) is 0 Å². The first-order valence-corrected chi connectivity index (χ1v) is 8.49. The standard InChI is InChI=1S/C20H24F2N2O2/c1-20(2,3)14-8-10-15(11-9-14)26-13-5-12-23-19(25)24-18-16(21)6-4-7-17(18)22/h4,6-11H,5,12-13H2,1-3H3,(H2,23,24,25). The van der Waals surface area contributed by atoms with Crippen LogP contribution in [-0.2, 0) is 5.41 Å². The number of hydrogen-bond acceptors (Lipinski definition) is 2. The SMILES string of the molecule is CC(C)(C)c1ccc(OCCCNC(=O)Nc2c(F)cccc2F)cc1. The zero-order chi connectivity index (χ0) is 19.2. The Morgan fingerprint density at radius 3 is 2.23 bits per heavy atom. The van der Waals surface area contributed by atoms with Gasteiger partial charge in [0.1, 0.15) is 23.1 Å². The molecule has 2 rings (SSSR count). The van der Waals surface area contributed by atoms with Crippen molar-refractivity contribution in [2.45, 2.75) is 32.6 Å². The summed E-state index contributed by atoms with van der Waals surface area (Å²) in [7, 11) is 0. The molecule has 0 unspecified atom stereocenters. The Labute approximate surface area is 152 Å². The van der Waals surface area contributed by atoms with Crippen molar-refractivity contribution in [3.05, 3.63) is 59.7 Å². The molecule has 0 saturated heterocycles. The second-order valence-corrected chi connectivity index (χ2v) is 6.95. The molecule has 0 aliphatic rings. The molecular weight excluding hydrogens is 338 g/mol. The van der Waals surface area contributed by atoms with Gasteiger partial charge in [0, 0.05) is 6.54 Å². The summed E-state index contributed by atoms with van der Waals surface area (Å²) in [5.74, 6) is -0.875. The lowest BCUT2D eigenvalue weighted by Crippen LogP contribution is -2.31. The Balaban J connectivity index is 1.70. The van der Waals surface area contributed by atoms with Gasteiger partial charge in [-0.05, 0) is 41.7 Å². The monoisotopic (exact) mass is 362 g/mol. The average Bonchev–Trinajstić information content (AvgIpc) is 2.57. The summed E-state index contributed by atoms with van der Waals surface area (Å²) in [6.07, 6.45) is 0.564. The lowest BCUT2D eigenvalue weighted by Gasteiger charge is -2.19. The highest BCUT2D eigenvalue weighted by atomic mass is 19.1. The van der Waals surface area contributed by atoms with Crippen LogP contribution in [0.15, 0.2) is 42.5 Å². The number of benzene rings is 2. The number of halogens is 2. The van der Waals surface area contributed by atoms with E-state index in [0.717, 1.165) is 17.9 Å². The highest BCUT2D eigenvalue weighted by molar-refractivity contribution is 5.89. The van der Waals surface area contributed by atoms with Gasteiger partial charge in [-0.3, -0.25) is 0 Å². The van der Waals surface area contributed by atoms with E-state index in [2.05, 4.69) is 31.4 Å². The van der Waals surface area contributed by atoms with E-state index in [0.29, 0.717) is 19.6 Å². The molecule has 2 aromatic carbocycles. The van der Waals surface area contributed by atoms with Crippen molar-refractivity contribution in [3.8, 4) is 5.75 Å². The number of carbonyl (C=O) groups excluding carboxylic acids is 1. The van der Waals surface area contributed by atoms with Crippen LogP contribution in [-0.4, -0.2) is 19.2 Å². The Morgan fingerprint density at radius 1 is 1.04 bits per heavy atom. The molecule has 0 heterocycles. The normalized spacial score (nSPS) is 11.1. The molecule has 0 aliphatic carbocycles. The van der Waals surface area contributed by atoms with Gasteiger partial charge in [0.05, 0.1) is 6.61 Å². The van der Waals surface area contributed by atoms with E-state index in [-0.39, 0.29) is 5.41 Å². The maximum absolute atomic E-state index is 13.4. The molecule has 0 aliphatic heterocycles. The quantitative estimate of drug-likeness (QED) is 0.722. The minimum Gasteiger partial charge on any atom is -0.494 e. The molecular formula is C20H24F2N2O2. The summed E-state index contributed by atoms with van der Waals surface area (Å²) in [6.45, 7) is 7.18. The maximum atomic E-state index is 13.4. The second kappa shape index (κ2) is 8.65. The van der Waals surface area contributed by atoms with Crippen LogP contribution in [0.5, 0.6) is 5.75 Å². The van der Waals surface area contributed by atoms with Crippen molar-refractivity contribution < 1.29 is 18.3 Å². The van der Waals surface area contributed by atoms with Crippen LogP contribution in [0.1, 0.15) is 32.8 Å². The minimum atomic E-state index is -0.817. The Kier molecular flexibility index (Phi) is 6.55. The largest absolute Gasteiger partial charge is 0.494 e. The summed E-state index contributed by atoms with van der Waals surface area (Å²) >= 11 is 0. The molecule has 26 heavy (non-hydrogen) atoms. The number of ether oxygens (including phenoxy) is 1. The zero-order valence-corrected chi connectivity index (χ0v) is 15.2. The highest BCUT2D eigenvalue weighted by Gasteiger charge is 2.13. The average molecular weight is 362 g/mol. The fraction of sp³-hybridized carbons (Fsp3) is 0.350. The molecule has 0 spiro atoms. The topological polar surface area (TPSA) is 50.4 Å². The predicted molar refractivity (Wildman–Crippen MR) is 98.6 cm³/mol. The van der Waals surface area contributed by atoms with Gasteiger partial charge >= 0.3 is 6.03 Å². The van der Waals surface area contributed by atoms with Crippen LogP contribution in [0.3, 0.4) is 0 Å². The van der Waals surface area contributed by atoms with Gasteiger partial charge < -0.3 is 15.4 Å². The number of para-hydroxylation sites is 1. The molecule has 4 nitrogen and oxygen atoms in total. The van der Waals surface area contributed by atoms with Crippen LogP contribution in [0.2, 0.25) is 0 Å².